The summed E-state index contributed by atoms with van der Waals surface area (Å²) in [5.41, 5.74) is 2.77. The van der Waals surface area contributed by atoms with E-state index in [1.807, 2.05) is 42.7 Å². The van der Waals surface area contributed by atoms with Gasteiger partial charge in [0.15, 0.2) is 11.0 Å². The highest BCUT2D eigenvalue weighted by atomic mass is 79.9. The summed E-state index contributed by atoms with van der Waals surface area (Å²) in [6, 6.07) is 7.71. The minimum atomic E-state index is -0.110. The average Bonchev–Trinajstić information content (AvgIpc) is 3.06. The third-order valence-electron chi connectivity index (χ3n) is 3.75. The Hall–Kier alpha value is -1.71. The first-order valence-corrected chi connectivity index (χ1v) is 10.8. The Labute approximate surface area is 178 Å². The smallest absolute Gasteiger partial charge is 0.234 e. The molecule has 140 valence electrons. The van der Waals surface area contributed by atoms with E-state index in [1.54, 1.807) is 12.4 Å². The number of thioether (sulfide) groups is 1. The van der Waals surface area contributed by atoms with Crippen LogP contribution < -0.4 is 5.32 Å². The lowest BCUT2D eigenvalue weighted by Crippen LogP contribution is -2.15. The molecule has 0 spiro atoms. The van der Waals surface area contributed by atoms with Crippen LogP contribution in [0.25, 0.3) is 11.4 Å². The lowest BCUT2D eigenvalue weighted by molar-refractivity contribution is -0.113. The zero-order valence-electron chi connectivity index (χ0n) is 14.7. The molecule has 27 heavy (non-hydrogen) atoms. The largest absolute Gasteiger partial charge is 0.323 e. The maximum absolute atomic E-state index is 12.4. The van der Waals surface area contributed by atoms with E-state index in [9.17, 15) is 4.79 Å². The molecular formula is C18H17Br2N5OS. The second-order valence-electron chi connectivity index (χ2n) is 5.73. The van der Waals surface area contributed by atoms with Gasteiger partial charge in [-0.3, -0.25) is 9.78 Å². The van der Waals surface area contributed by atoms with E-state index in [1.165, 1.54) is 11.8 Å². The molecule has 0 radical (unpaired) electrons. The minimum Gasteiger partial charge on any atom is -0.323 e. The fraction of sp³-hybridized carbons (Fsp3) is 0.222. The molecule has 1 N–H and O–H groups in total. The number of nitrogens with one attached hydrogen (secondary N) is 1. The molecule has 6 nitrogen and oxygen atoms in total. The van der Waals surface area contributed by atoms with Gasteiger partial charge in [-0.05, 0) is 75.5 Å². The number of aryl methyl sites for hydroxylation is 1. The maximum atomic E-state index is 12.4. The van der Waals surface area contributed by atoms with Crippen molar-refractivity contribution in [2.24, 2.45) is 0 Å². The van der Waals surface area contributed by atoms with Crippen molar-refractivity contribution in [1.29, 1.82) is 0 Å². The maximum Gasteiger partial charge on any atom is 0.234 e. The van der Waals surface area contributed by atoms with Gasteiger partial charge in [0.25, 0.3) is 0 Å². The van der Waals surface area contributed by atoms with Gasteiger partial charge in [-0.15, -0.1) is 10.2 Å². The summed E-state index contributed by atoms with van der Waals surface area (Å²) in [6.07, 6.45) is 3.45. The van der Waals surface area contributed by atoms with E-state index in [0.717, 1.165) is 31.6 Å². The van der Waals surface area contributed by atoms with Crippen molar-refractivity contribution in [3.63, 3.8) is 0 Å². The lowest BCUT2D eigenvalue weighted by atomic mass is 10.2. The van der Waals surface area contributed by atoms with Crippen LogP contribution in [0.3, 0.4) is 0 Å². The molecule has 0 aliphatic rings. The summed E-state index contributed by atoms with van der Waals surface area (Å²) in [4.78, 5) is 16.4. The zero-order valence-corrected chi connectivity index (χ0v) is 18.7. The molecule has 3 rings (SSSR count). The van der Waals surface area contributed by atoms with Gasteiger partial charge in [0.1, 0.15) is 0 Å². The third kappa shape index (κ3) is 4.77. The number of amides is 1. The third-order valence-corrected chi connectivity index (χ3v) is 5.97. The number of hydrogen-bond acceptors (Lipinski definition) is 5. The van der Waals surface area contributed by atoms with Crippen LogP contribution in [0, 0.1) is 6.92 Å². The predicted octanol–water partition coefficient (Wildman–Crippen LogP) is 4.92. The summed E-state index contributed by atoms with van der Waals surface area (Å²) in [6.45, 7) is 4.73. The fourth-order valence-electron chi connectivity index (χ4n) is 2.52. The summed E-state index contributed by atoms with van der Waals surface area (Å²) >= 11 is 8.34. The monoisotopic (exact) mass is 509 g/mol. The number of hydrogen-bond donors (Lipinski definition) is 1. The van der Waals surface area contributed by atoms with E-state index in [0.29, 0.717) is 11.7 Å². The van der Waals surface area contributed by atoms with Crippen molar-refractivity contribution in [2.75, 3.05) is 11.1 Å². The van der Waals surface area contributed by atoms with Crippen LogP contribution in [-0.4, -0.2) is 31.4 Å². The van der Waals surface area contributed by atoms with Crippen molar-refractivity contribution in [2.45, 2.75) is 25.5 Å². The number of aromatic nitrogens is 4. The standard InChI is InChI=1S/C18H17Br2N5OS/c1-3-25-17(12-4-6-21-7-5-12)23-24-18(25)27-10-15(26)22-16-13(19)8-11(2)9-14(16)20/h4-9H,3,10H2,1-2H3,(H,22,26). The van der Waals surface area contributed by atoms with Crippen molar-refractivity contribution in [3.8, 4) is 11.4 Å². The number of carbonyl (C=O) groups excluding carboxylic acids is 1. The highest BCUT2D eigenvalue weighted by Crippen LogP contribution is 2.32. The Morgan fingerprint density at radius 3 is 2.48 bits per heavy atom. The molecule has 0 aliphatic heterocycles. The predicted molar refractivity (Wildman–Crippen MR) is 115 cm³/mol. The number of nitrogens with zero attached hydrogens (tertiary/aromatic N) is 4. The van der Waals surface area contributed by atoms with E-state index in [2.05, 4.69) is 52.4 Å². The Kier molecular flexibility index (Phi) is 6.67. The van der Waals surface area contributed by atoms with Gasteiger partial charge in [-0.1, -0.05) is 11.8 Å². The SMILES string of the molecule is CCn1c(SCC(=O)Nc2c(Br)cc(C)cc2Br)nnc1-c1ccncc1. The number of pyridine rings is 1. The molecule has 0 atom stereocenters. The first kappa shape index (κ1) is 20.0. The summed E-state index contributed by atoms with van der Waals surface area (Å²) in [5.74, 6) is 0.898. The van der Waals surface area contributed by atoms with Gasteiger partial charge >= 0.3 is 0 Å². The molecule has 0 saturated carbocycles. The number of anilines is 1. The first-order chi connectivity index (χ1) is 13.0. The molecule has 3 aromatic rings. The molecule has 1 aromatic carbocycles. The van der Waals surface area contributed by atoms with E-state index >= 15 is 0 Å². The van der Waals surface area contributed by atoms with Crippen molar-refractivity contribution < 1.29 is 4.79 Å². The average molecular weight is 511 g/mol. The second kappa shape index (κ2) is 8.99. The molecule has 0 saturated heterocycles. The van der Waals surface area contributed by atoms with Crippen molar-refractivity contribution >= 4 is 55.2 Å². The van der Waals surface area contributed by atoms with Crippen LogP contribution in [0.15, 0.2) is 50.8 Å². The van der Waals surface area contributed by atoms with Crippen LogP contribution in [0.5, 0.6) is 0 Å². The number of rotatable bonds is 6. The highest BCUT2D eigenvalue weighted by Gasteiger charge is 2.16. The van der Waals surface area contributed by atoms with Gasteiger partial charge in [0.2, 0.25) is 5.91 Å². The molecule has 0 fully saturated rings. The summed E-state index contributed by atoms with van der Waals surface area (Å²) in [5, 5.41) is 12.2. The molecule has 0 bridgehead atoms. The normalized spacial score (nSPS) is 10.8. The van der Waals surface area contributed by atoms with Crippen LogP contribution in [0.4, 0.5) is 5.69 Å². The molecule has 9 heteroatoms. The zero-order chi connectivity index (χ0) is 19.4. The summed E-state index contributed by atoms with van der Waals surface area (Å²) < 4.78 is 3.67. The molecular weight excluding hydrogens is 494 g/mol. The Morgan fingerprint density at radius 2 is 1.85 bits per heavy atom. The van der Waals surface area contributed by atoms with Gasteiger partial charge < -0.3 is 9.88 Å². The molecule has 2 aromatic heterocycles. The number of carbonyl (C=O) groups is 1. The quantitative estimate of drug-likeness (QED) is 0.476. The Morgan fingerprint density at radius 1 is 1.19 bits per heavy atom. The first-order valence-electron chi connectivity index (χ1n) is 8.21. The molecule has 0 aliphatic carbocycles. The minimum absolute atomic E-state index is 0.110. The van der Waals surface area contributed by atoms with E-state index < -0.39 is 0 Å². The summed E-state index contributed by atoms with van der Waals surface area (Å²) in [7, 11) is 0. The Balaban J connectivity index is 1.70. The highest BCUT2D eigenvalue weighted by molar-refractivity contribution is 9.11. The van der Waals surface area contributed by atoms with Crippen molar-refractivity contribution in [3.05, 3.63) is 51.2 Å². The van der Waals surface area contributed by atoms with Gasteiger partial charge in [-0.2, -0.15) is 0 Å². The van der Waals surface area contributed by atoms with Gasteiger partial charge in [0, 0.05) is 33.4 Å². The van der Waals surface area contributed by atoms with Crippen molar-refractivity contribution in [1.82, 2.24) is 19.7 Å². The van der Waals surface area contributed by atoms with Gasteiger partial charge in [-0.25, -0.2) is 0 Å². The second-order valence-corrected chi connectivity index (χ2v) is 8.38. The van der Waals surface area contributed by atoms with E-state index in [-0.39, 0.29) is 11.7 Å². The number of halogens is 2. The van der Waals surface area contributed by atoms with E-state index in [4.69, 9.17) is 0 Å². The Bertz CT molecular complexity index is 939. The molecule has 0 unspecified atom stereocenters. The topological polar surface area (TPSA) is 72.7 Å². The fourth-order valence-corrected chi connectivity index (χ4v) is 4.94. The number of benzene rings is 1. The molecule has 2 heterocycles. The van der Waals surface area contributed by atoms with Crippen LogP contribution in [0.2, 0.25) is 0 Å². The van der Waals surface area contributed by atoms with Gasteiger partial charge in [0.05, 0.1) is 11.4 Å². The lowest BCUT2D eigenvalue weighted by Gasteiger charge is -2.11. The van der Waals surface area contributed by atoms with Crippen LogP contribution in [-0.2, 0) is 11.3 Å². The van der Waals surface area contributed by atoms with Crippen LogP contribution >= 0.6 is 43.6 Å². The van der Waals surface area contributed by atoms with Crippen LogP contribution in [0.1, 0.15) is 12.5 Å². The molecule has 1 amide bonds.